The number of benzene rings is 2. The Morgan fingerprint density at radius 3 is 2.62 bits per heavy atom. The predicted molar refractivity (Wildman–Crippen MR) is 84.8 cm³/mol. The van der Waals surface area contributed by atoms with E-state index in [9.17, 15) is 4.39 Å². The smallest absolute Gasteiger partial charge is 0.146 e. The number of aryl methyl sites for hydroxylation is 1. The molecule has 0 bridgehead atoms. The quantitative estimate of drug-likeness (QED) is 0.814. The molecule has 0 radical (unpaired) electrons. The van der Waals surface area contributed by atoms with Crippen LogP contribution in [0, 0.1) is 12.7 Å². The van der Waals surface area contributed by atoms with Crippen LogP contribution in [0.1, 0.15) is 31.0 Å². The fourth-order valence-corrected chi connectivity index (χ4v) is 2.33. The van der Waals surface area contributed by atoms with Gasteiger partial charge < -0.3 is 10.1 Å². The molecular formula is C17H19ClFNO. The van der Waals surface area contributed by atoms with Gasteiger partial charge in [0.2, 0.25) is 0 Å². The Bertz CT molecular complexity index is 630. The van der Waals surface area contributed by atoms with Crippen LogP contribution < -0.4 is 10.1 Å². The molecule has 4 heteroatoms. The van der Waals surface area contributed by atoms with Gasteiger partial charge in [-0.25, -0.2) is 4.39 Å². The molecule has 1 unspecified atom stereocenters. The lowest BCUT2D eigenvalue weighted by Gasteiger charge is -2.15. The minimum absolute atomic E-state index is 0.231. The monoisotopic (exact) mass is 307 g/mol. The molecule has 2 aromatic rings. The van der Waals surface area contributed by atoms with Crippen LogP contribution in [0.25, 0.3) is 0 Å². The van der Waals surface area contributed by atoms with Crippen LogP contribution >= 0.6 is 11.6 Å². The van der Waals surface area contributed by atoms with Crippen molar-refractivity contribution in [2.75, 3.05) is 6.54 Å². The van der Waals surface area contributed by atoms with Crippen LogP contribution in [0.5, 0.6) is 11.5 Å². The predicted octanol–water partition coefficient (Wildman–Crippen LogP) is 5.25. The van der Waals surface area contributed by atoms with Gasteiger partial charge in [0, 0.05) is 6.04 Å². The maximum Gasteiger partial charge on any atom is 0.146 e. The average molecular weight is 308 g/mol. The second kappa shape index (κ2) is 6.92. The van der Waals surface area contributed by atoms with Gasteiger partial charge >= 0.3 is 0 Å². The van der Waals surface area contributed by atoms with Crippen LogP contribution in [-0.2, 0) is 0 Å². The van der Waals surface area contributed by atoms with Crippen molar-refractivity contribution in [3.05, 3.63) is 58.4 Å². The summed E-state index contributed by atoms with van der Waals surface area (Å²) < 4.78 is 19.0. The van der Waals surface area contributed by atoms with Gasteiger partial charge in [0.1, 0.15) is 17.3 Å². The lowest BCUT2D eigenvalue weighted by Crippen LogP contribution is -2.17. The fourth-order valence-electron chi connectivity index (χ4n) is 2.10. The Hall–Kier alpha value is -1.58. The summed E-state index contributed by atoms with van der Waals surface area (Å²) in [6.45, 7) is 6.74. The SMILES string of the molecule is CCNC(C)c1ccc(Oc2ccc(F)c(C)c2)c(Cl)c1. The van der Waals surface area contributed by atoms with Crippen LogP contribution in [0.3, 0.4) is 0 Å². The molecule has 2 aromatic carbocycles. The van der Waals surface area contributed by atoms with Gasteiger partial charge in [0.25, 0.3) is 0 Å². The summed E-state index contributed by atoms with van der Waals surface area (Å²) in [5.41, 5.74) is 1.64. The Balaban J connectivity index is 2.19. The van der Waals surface area contributed by atoms with Crippen molar-refractivity contribution < 1.29 is 9.13 Å². The minimum atomic E-state index is -0.247. The molecule has 1 N–H and O–H groups in total. The van der Waals surface area contributed by atoms with Gasteiger partial charge in [-0.15, -0.1) is 0 Å². The van der Waals surface area contributed by atoms with Crippen molar-refractivity contribution in [2.45, 2.75) is 26.8 Å². The number of nitrogens with one attached hydrogen (secondary N) is 1. The maximum absolute atomic E-state index is 13.2. The van der Waals surface area contributed by atoms with Gasteiger partial charge in [-0.2, -0.15) is 0 Å². The molecule has 112 valence electrons. The highest BCUT2D eigenvalue weighted by Gasteiger charge is 2.09. The Morgan fingerprint density at radius 2 is 2.00 bits per heavy atom. The summed E-state index contributed by atoms with van der Waals surface area (Å²) >= 11 is 6.27. The molecule has 0 aliphatic carbocycles. The number of ether oxygens (including phenoxy) is 1. The first-order valence-corrected chi connectivity index (χ1v) is 7.36. The molecule has 1 atom stereocenters. The van der Waals surface area contributed by atoms with Crippen molar-refractivity contribution in [1.82, 2.24) is 5.32 Å². The molecule has 0 heterocycles. The zero-order valence-electron chi connectivity index (χ0n) is 12.4. The number of rotatable bonds is 5. The molecule has 0 saturated heterocycles. The van der Waals surface area contributed by atoms with E-state index in [-0.39, 0.29) is 11.9 Å². The normalized spacial score (nSPS) is 12.2. The van der Waals surface area contributed by atoms with Gasteiger partial charge in [0.05, 0.1) is 5.02 Å². The van der Waals surface area contributed by atoms with E-state index in [0.29, 0.717) is 22.1 Å². The molecule has 0 aliphatic heterocycles. The van der Waals surface area contributed by atoms with Crippen molar-refractivity contribution in [2.24, 2.45) is 0 Å². The number of hydrogen-bond donors (Lipinski definition) is 1. The summed E-state index contributed by atoms with van der Waals surface area (Å²) in [5.74, 6) is 0.890. The third-order valence-electron chi connectivity index (χ3n) is 3.32. The summed E-state index contributed by atoms with van der Waals surface area (Å²) in [7, 11) is 0. The molecule has 2 rings (SSSR count). The van der Waals surface area contributed by atoms with Crippen LogP contribution in [-0.4, -0.2) is 6.54 Å². The summed E-state index contributed by atoms with van der Waals surface area (Å²) in [5, 5.41) is 3.87. The second-order valence-electron chi connectivity index (χ2n) is 4.98. The van der Waals surface area contributed by atoms with Gasteiger partial charge in [-0.1, -0.05) is 24.6 Å². The van der Waals surface area contributed by atoms with Crippen molar-refractivity contribution >= 4 is 11.6 Å². The Labute approximate surface area is 129 Å². The zero-order valence-corrected chi connectivity index (χ0v) is 13.2. The fraction of sp³-hybridized carbons (Fsp3) is 0.294. The highest BCUT2D eigenvalue weighted by atomic mass is 35.5. The van der Waals surface area contributed by atoms with Gasteiger partial charge in [0.15, 0.2) is 0 Å². The first kappa shape index (κ1) is 15.8. The molecule has 0 saturated carbocycles. The third kappa shape index (κ3) is 3.96. The molecule has 21 heavy (non-hydrogen) atoms. The standard InChI is InChI=1S/C17H19ClFNO/c1-4-20-12(3)13-5-8-17(15(18)10-13)21-14-6-7-16(19)11(2)9-14/h5-10,12,20H,4H2,1-3H3. The second-order valence-corrected chi connectivity index (χ2v) is 5.39. The molecule has 2 nitrogen and oxygen atoms in total. The van der Waals surface area contributed by atoms with Crippen LogP contribution in [0.4, 0.5) is 4.39 Å². The maximum atomic E-state index is 13.2. The third-order valence-corrected chi connectivity index (χ3v) is 3.62. The first-order chi connectivity index (χ1) is 10.0. The number of hydrogen-bond acceptors (Lipinski definition) is 2. The Morgan fingerprint density at radius 1 is 1.24 bits per heavy atom. The van der Waals surface area contributed by atoms with E-state index in [4.69, 9.17) is 16.3 Å². The number of halogens is 2. The summed E-state index contributed by atoms with van der Waals surface area (Å²) in [6, 6.07) is 10.6. The van der Waals surface area contributed by atoms with Crippen LogP contribution in [0.2, 0.25) is 5.02 Å². The highest BCUT2D eigenvalue weighted by molar-refractivity contribution is 6.32. The highest BCUT2D eigenvalue weighted by Crippen LogP contribution is 2.32. The molecule has 0 aromatic heterocycles. The van der Waals surface area contributed by atoms with E-state index >= 15 is 0 Å². The Kier molecular flexibility index (Phi) is 5.21. The van der Waals surface area contributed by atoms with E-state index in [0.717, 1.165) is 12.1 Å². The van der Waals surface area contributed by atoms with Crippen molar-refractivity contribution in [3.8, 4) is 11.5 Å². The first-order valence-electron chi connectivity index (χ1n) is 6.98. The topological polar surface area (TPSA) is 21.3 Å². The molecule has 0 aliphatic rings. The minimum Gasteiger partial charge on any atom is -0.456 e. The van der Waals surface area contributed by atoms with Gasteiger partial charge in [-0.05, 0) is 61.9 Å². The van der Waals surface area contributed by atoms with E-state index in [1.807, 2.05) is 18.2 Å². The zero-order chi connectivity index (χ0) is 15.4. The lowest BCUT2D eigenvalue weighted by molar-refractivity contribution is 0.479. The van der Waals surface area contributed by atoms with Crippen molar-refractivity contribution in [3.63, 3.8) is 0 Å². The van der Waals surface area contributed by atoms with Gasteiger partial charge in [-0.3, -0.25) is 0 Å². The molecule has 0 fully saturated rings. The van der Waals surface area contributed by atoms with E-state index in [1.165, 1.54) is 6.07 Å². The van der Waals surface area contributed by atoms with Crippen molar-refractivity contribution in [1.29, 1.82) is 0 Å². The van der Waals surface area contributed by atoms with E-state index in [2.05, 4.69) is 19.2 Å². The van der Waals surface area contributed by atoms with E-state index < -0.39 is 0 Å². The van der Waals surface area contributed by atoms with E-state index in [1.54, 1.807) is 19.1 Å². The molecule has 0 amide bonds. The largest absolute Gasteiger partial charge is 0.456 e. The molecular weight excluding hydrogens is 289 g/mol. The average Bonchev–Trinajstić information content (AvgIpc) is 2.45. The summed E-state index contributed by atoms with van der Waals surface area (Å²) in [6.07, 6.45) is 0. The summed E-state index contributed by atoms with van der Waals surface area (Å²) in [4.78, 5) is 0. The lowest BCUT2D eigenvalue weighted by atomic mass is 10.1. The molecule has 0 spiro atoms. The van der Waals surface area contributed by atoms with Crippen LogP contribution in [0.15, 0.2) is 36.4 Å².